The molecule has 0 aliphatic carbocycles. The summed E-state index contributed by atoms with van der Waals surface area (Å²) in [6.07, 6.45) is 0.385. The Morgan fingerprint density at radius 1 is 1.39 bits per heavy atom. The van der Waals surface area contributed by atoms with Gasteiger partial charge in [-0.3, -0.25) is 4.79 Å². The van der Waals surface area contributed by atoms with E-state index in [1.54, 1.807) is 6.92 Å². The molecule has 1 rings (SSSR count). The molecule has 0 bridgehead atoms. The summed E-state index contributed by atoms with van der Waals surface area (Å²) in [6.45, 7) is 3.71. The molecule has 2 N–H and O–H groups in total. The van der Waals surface area contributed by atoms with Gasteiger partial charge in [-0.2, -0.15) is 0 Å². The molecular formula is C13H17NO3S. The number of carbonyl (C=O) groups excluding carboxylic acids is 1. The van der Waals surface area contributed by atoms with Crippen molar-refractivity contribution in [3.63, 3.8) is 0 Å². The minimum Gasteiger partial charge on any atom is -0.480 e. The summed E-state index contributed by atoms with van der Waals surface area (Å²) < 4.78 is 0. The van der Waals surface area contributed by atoms with Crippen LogP contribution in [0.4, 0.5) is 0 Å². The fourth-order valence-electron chi connectivity index (χ4n) is 1.44. The average molecular weight is 267 g/mol. The van der Waals surface area contributed by atoms with Crippen LogP contribution < -0.4 is 5.32 Å². The van der Waals surface area contributed by atoms with E-state index in [1.165, 1.54) is 11.8 Å². The van der Waals surface area contributed by atoms with Gasteiger partial charge in [-0.15, -0.1) is 11.8 Å². The Kier molecular flexibility index (Phi) is 5.71. The highest BCUT2D eigenvalue weighted by Crippen LogP contribution is 2.21. The number of aliphatic carboxylic acids is 1. The molecule has 98 valence electrons. The van der Waals surface area contributed by atoms with Crippen molar-refractivity contribution in [1.82, 2.24) is 5.32 Å². The summed E-state index contributed by atoms with van der Waals surface area (Å²) in [5, 5.41) is 11.3. The number of carboxylic acids is 1. The van der Waals surface area contributed by atoms with Crippen molar-refractivity contribution in [2.75, 3.05) is 5.75 Å². The van der Waals surface area contributed by atoms with E-state index in [0.29, 0.717) is 6.42 Å². The van der Waals surface area contributed by atoms with E-state index < -0.39 is 12.0 Å². The van der Waals surface area contributed by atoms with Gasteiger partial charge in [-0.1, -0.05) is 25.1 Å². The van der Waals surface area contributed by atoms with Crippen molar-refractivity contribution in [1.29, 1.82) is 0 Å². The van der Waals surface area contributed by atoms with Gasteiger partial charge in [-0.05, 0) is 25.0 Å². The summed E-state index contributed by atoms with van der Waals surface area (Å²) in [7, 11) is 0. The minimum absolute atomic E-state index is 0.231. The van der Waals surface area contributed by atoms with Crippen molar-refractivity contribution >= 4 is 23.6 Å². The lowest BCUT2D eigenvalue weighted by Crippen LogP contribution is -2.41. The Morgan fingerprint density at radius 2 is 2.06 bits per heavy atom. The van der Waals surface area contributed by atoms with Gasteiger partial charge in [0.15, 0.2) is 0 Å². The topological polar surface area (TPSA) is 66.4 Å². The van der Waals surface area contributed by atoms with Crippen LogP contribution in [0.15, 0.2) is 29.2 Å². The van der Waals surface area contributed by atoms with Crippen LogP contribution in [0.1, 0.15) is 18.9 Å². The maximum Gasteiger partial charge on any atom is 0.326 e. The predicted molar refractivity (Wildman–Crippen MR) is 71.8 cm³/mol. The molecule has 18 heavy (non-hydrogen) atoms. The molecular weight excluding hydrogens is 250 g/mol. The van der Waals surface area contributed by atoms with E-state index >= 15 is 0 Å². The summed E-state index contributed by atoms with van der Waals surface area (Å²) >= 11 is 1.41. The number of thioether (sulfide) groups is 1. The van der Waals surface area contributed by atoms with E-state index in [1.807, 2.05) is 31.2 Å². The van der Waals surface area contributed by atoms with Gasteiger partial charge in [0.05, 0.1) is 5.75 Å². The van der Waals surface area contributed by atoms with Crippen LogP contribution in [0.25, 0.3) is 0 Å². The molecule has 0 saturated carbocycles. The number of carboxylic acid groups (broad SMARTS) is 1. The second-order valence-electron chi connectivity index (χ2n) is 3.92. The third kappa shape index (κ3) is 4.41. The van der Waals surface area contributed by atoms with Crippen LogP contribution in [-0.2, 0) is 9.59 Å². The molecule has 0 spiro atoms. The largest absolute Gasteiger partial charge is 0.480 e. The minimum atomic E-state index is -0.994. The molecule has 1 unspecified atom stereocenters. The number of benzene rings is 1. The van der Waals surface area contributed by atoms with E-state index in [9.17, 15) is 9.59 Å². The summed E-state index contributed by atoms with van der Waals surface area (Å²) in [5.74, 6) is -1.02. The highest BCUT2D eigenvalue weighted by Gasteiger charge is 2.17. The third-order valence-corrected chi connectivity index (χ3v) is 3.67. The van der Waals surface area contributed by atoms with Gasteiger partial charge < -0.3 is 10.4 Å². The zero-order chi connectivity index (χ0) is 13.5. The number of rotatable bonds is 6. The van der Waals surface area contributed by atoms with E-state index in [-0.39, 0.29) is 11.7 Å². The van der Waals surface area contributed by atoms with E-state index in [0.717, 1.165) is 10.5 Å². The first kappa shape index (κ1) is 14.6. The number of hydrogen-bond donors (Lipinski definition) is 2. The number of nitrogens with one attached hydrogen (secondary N) is 1. The summed E-state index contributed by atoms with van der Waals surface area (Å²) in [4.78, 5) is 23.4. The molecule has 0 aliphatic rings. The molecule has 0 saturated heterocycles. The average Bonchev–Trinajstić information content (AvgIpc) is 2.34. The van der Waals surface area contributed by atoms with Gasteiger partial charge in [0.1, 0.15) is 6.04 Å². The standard InChI is InChI=1S/C13H17NO3S/c1-3-10(13(16)17)14-12(15)8-18-11-7-5-4-6-9(11)2/h4-7,10H,3,8H2,1-2H3,(H,14,15)(H,16,17). The van der Waals surface area contributed by atoms with Crippen molar-refractivity contribution in [3.8, 4) is 0 Å². The van der Waals surface area contributed by atoms with Crippen LogP contribution in [0.3, 0.4) is 0 Å². The second kappa shape index (κ2) is 7.06. The van der Waals surface area contributed by atoms with E-state index in [2.05, 4.69) is 5.32 Å². The summed E-state index contributed by atoms with van der Waals surface area (Å²) in [6, 6.07) is 6.99. The first-order valence-corrected chi connectivity index (χ1v) is 6.73. The fourth-order valence-corrected chi connectivity index (χ4v) is 2.28. The molecule has 5 heteroatoms. The van der Waals surface area contributed by atoms with Crippen LogP contribution in [0, 0.1) is 6.92 Å². The van der Waals surface area contributed by atoms with Gasteiger partial charge in [0.25, 0.3) is 0 Å². The predicted octanol–water partition coefficient (Wildman–Crippen LogP) is 2.07. The molecule has 1 aromatic rings. The third-order valence-electron chi connectivity index (χ3n) is 2.49. The lowest BCUT2D eigenvalue weighted by Gasteiger charge is -2.12. The molecule has 0 aromatic heterocycles. The lowest BCUT2D eigenvalue weighted by molar-refractivity contribution is -0.141. The Hall–Kier alpha value is -1.49. The molecule has 1 atom stereocenters. The highest BCUT2D eigenvalue weighted by atomic mass is 32.2. The Bertz CT molecular complexity index is 434. The number of hydrogen-bond acceptors (Lipinski definition) is 3. The van der Waals surface area contributed by atoms with Crippen molar-refractivity contribution in [2.45, 2.75) is 31.2 Å². The van der Waals surface area contributed by atoms with Gasteiger partial charge in [0, 0.05) is 4.90 Å². The Balaban J connectivity index is 2.47. The van der Waals surface area contributed by atoms with Gasteiger partial charge in [-0.25, -0.2) is 4.79 Å². The first-order valence-electron chi connectivity index (χ1n) is 5.75. The number of aryl methyl sites for hydroxylation is 1. The van der Waals surface area contributed by atoms with Gasteiger partial charge >= 0.3 is 5.97 Å². The van der Waals surface area contributed by atoms with Crippen molar-refractivity contribution in [3.05, 3.63) is 29.8 Å². The van der Waals surface area contributed by atoms with E-state index in [4.69, 9.17) is 5.11 Å². The maximum atomic E-state index is 11.6. The van der Waals surface area contributed by atoms with Gasteiger partial charge in [0.2, 0.25) is 5.91 Å². The second-order valence-corrected chi connectivity index (χ2v) is 4.94. The Morgan fingerprint density at radius 3 is 2.61 bits per heavy atom. The molecule has 4 nitrogen and oxygen atoms in total. The van der Waals surface area contributed by atoms with Crippen LogP contribution in [-0.4, -0.2) is 28.8 Å². The number of amides is 1. The SMILES string of the molecule is CCC(NC(=O)CSc1ccccc1C)C(=O)O. The molecule has 1 aromatic carbocycles. The molecule has 0 heterocycles. The van der Waals surface area contributed by atoms with Crippen LogP contribution in [0.5, 0.6) is 0 Å². The van der Waals surface area contributed by atoms with Crippen molar-refractivity contribution in [2.24, 2.45) is 0 Å². The lowest BCUT2D eigenvalue weighted by atomic mass is 10.2. The molecule has 0 fully saturated rings. The first-order chi connectivity index (χ1) is 8.54. The van der Waals surface area contributed by atoms with Crippen LogP contribution >= 0.6 is 11.8 Å². The monoisotopic (exact) mass is 267 g/mol. The van der Waals surface area contributed by atoms with Crippen molar-refractivity contribution < 1.29 is 14.7 Å². The Labute approximate surface area is 111 Å². The summed E-state index contributed by atoms with van der Waals surface area (Å²) in [5.41, 5.74) is 1.11. The smallest absolute Gasteiger partial charge is 0.326 e. The molecule has 0 aliphatic heterocycles. The molecule has 0 radical (unpaired) electrons. The quantitative estimate of drug-likeness (QED) is 0.774. The zero-order valence-corrected chi connectivity index (χ0v) is 11.3. The maximum absolute atomic E-state index is 11.6. The fraction of sp³-hybridized carbons (Fsp3) is 0.385. The normalized spacial score (nSPS) is 11.9. The highest BCUT2D eigenvalue weighted by molar-refractivity contribution is 8.00. The zero-order valence-electron chi connectivity index (χ0n) is 10.5. The number of carbonyl (C=O) groups is 2. The van der Waals surface area contributed by atoms with Crippen LogP contribution in [0.2, 0.25) is 0 Å². The molecule has 1 amide bonds.